The molecule has 2 unspecified atom stereocenters. The normalized spacial score (nSPS) is 19.6. The number of anilines is 3. The average molecular weight is 457 g/mol. The van der Waals surface area contributed by atoms with Gasteiger partial charge in [-0.3, -0.25) is 4.21 Å². The maximum Gasteiger partial charge on any atom is 0.227 e. The lowest BCUT2D eigenvalue weighted by Crippen LogP contribution is -2.47. The van der Waals surface area contributed by atoms with Crippen LogP contribution in [-0.4, -0.2) is 69.0 Å². The monoisotopic (exact) mass is 456 g/mol. The fraction of sp³-hybridized carbons (Fsp3) is 0.500. The molecule has 0 radical (unpaired) electrons. The van der Waals surface area contributed by atoms with Crippen LogP contribution in [0.2, 0.25) is 0 Å². The minimum absolute atomic E-state index is 0.0112. The van der Waals surface area contributed by atoms with E-state index in [1.807, 2.05) is 38.1 Å². The van der Waals surface area contributed by atoms with Crippen LogP contribution in [-0.2, 0) is 17.2 Å². The minimum Gasteiger partial charge on any atom is -0.394 e. The molecule has 3 aromatic rings. The lowest BCUT2D eigenvalue weighted by molar-refractivity contribution is 0.249. The van der Waals surface area contributed by atoms with Crippen LogP contribution in [0.4, 0.5) is 17.6 Å². The van der Waals surface area contributed by atoms with Crippen LogP contribution in [0.5, 0.6) is 0 Å². The number of aromatic nitrogens is 3. The second-order valence-corrected chi connectivity index (χ2v) is 10.1. The minimum atomic E-state index is -1.11. The van der Waals surface area contributed by atoms with Crippen LogP contribution in [0.25, 0.3) is 11.0 Å². The van der Waals surface area contributed by atoms with Crippen LogP contribution in [0.15, 0.2) is 33.7 Å². The zero-order valence-corrected chi connectivity index (χ0v) is 19.1. The predicted octanol–water partition coefficient (Wildman–Crippen LogP) is 2.04. The van der Waals surface area contributed by atoms with Gasteiger partial charge in [0.2, 0.25) is 5.95 Å². The van der Waals surface area contributed by atoms with Crippen molar-refractivity contribution in [2.75, 3.05) is 53.7 Å². The van der Waals surface area contributed by atoms with Crippen molar-refractivity contribution >= 4 is 39.4 Å². The van der Waals surface area contributed by atoms with Crippen LogP contribution < -0.4 is 15.1 Å². The number of nitrogens with zero attached hydrogens (tertiary/aromatic N) is 5. The second kappa shape index (κ2) is 8.67. The Morgan fingerprint density at radius 1 is 1.16 bits per heavy atom. The number of para-hydroxylation sites is 1. The van der Waals surface area contributed by atoms with Gasteiger partial charge in [-0.25, -0.2) is 4.98 Å². The molecule has 2 aliphatic rings. The average Bonchev–Trinajstić information content (AvgIpc) is 3.41. The van der Waals surface area contributed by atoms with Crippen LogP contribution >= 0.6 is 0 Å². The van der Waals surface area contributed by atoms with E-state index in [0.717, 1.165) is 48.7 Å². The van der Waals surface area contributed by atoms with Gasteiger partial charge in [0.25, 0.3) is 0 Å². The van der Waals surface area contributed by atoms with Crippen LogP contribution in [0, 0.1) is 5.92 Å². The van der Waals surface area contributed by atoms with Gasteiger partial charge in [0, 0.05) is 38.4 Å². The van der Waals surface area contributed by atoms with Gasteiger partial charge in [-0.2, -0.15) is 4.98 Å². The number of nitrogens with one attached hydrogen (secondary N) is 1. The summed E-state index contributed by atoms with van der Waals surface area (Å²) >= 11 is 0. The molecule has 0 amide bonds. The van der Waals surface area contributed by atoms with E-state index in [1.165, 1.54) is 0 Å². The van der Waals surface area contributed by atoms with Crippen molar-refractivity contribution in [3.63, 3.8) is 0 Å². The molecule has 2 aliphatic heterocycles. The molecule has 9 nitrogen and oxygen atoms in total. The molecule has 2 aromatic heterocycles. The Morgan fingerprint density at radius 3 is 2.66 bits per heavy atom. The van der Waals surface area contributed by atoms with E-state index in [4.69, 9.17) is 14.5 Å². The zero-order valence-electron chi connectivity index (χ0n) is 18.3. The summed E-state index contributed by atoms with van der Waals surface area (Å²) in [4.78, 5) is 14.6. The number of hydrogen-bond donors (Lipinski definition) is 2. The maximum atomic E-state index is 12.6. The Morgan fingerprint density at radius 2 is 1.91 bits per heavy atom. The molecule has 1 fully saturated rings. The van der Waals surface area contributed by atoms with Crippen molar-refractivity contribution in [2.24, 2.45) is 5.92 Å². The first-order chi connectivity index (χ1) is 15.5. The van der Waals surface area contributed by atoms with Gasteiger partial charge < -0.3 is 24.7 Å². The van der Waals surface area contributed by atoms with Crippen molar-refractivity contribution in [2.45, 2.75) is 31.2 Å². The predicted molar refractivity (Wildman–Crippen MR) is 125 cm³/mol. The summed E-state index contributed by atoms with van der Waals surface area (Å²) in [5.41, 5.74) is 1.64. The first-order valence-electron chi connectivity index (χ1n) is 11.1. The van der Waals surface area contributed by atoms with Gasteiger partial charge in [-0.05, 0) is 18.1 Å². The molecule has 32 heavy (non-hydrogen) atoms. The molecule has 10 heteroatoms. The summed E-state index contributed by atoms with van der Waals surface area (Å²) in [5, 5.41) is 18.4. The van der Waals surface area contributed by atoms with E-state index in [2.05, 4.69) is 20.3 Å². The third-order valence-corrected chi connectivity index (χ3v) is 7.68. The van der Waals surface area contributed by atoms with E-state index < -0.39 is 10.8 Å². The maximum absolute atomic E-state index is 12.6. The fourth-order valence-electron chi connectivity index (χ4n) is 4.24. The Hall–Kier alpha value is -2.72. The number of aryl methyl sites for hydroxylation is 1. The van der Waals surface area contributed by atoms with Gasteiger partial charge in [-0.15, -0.1) is 0 Å². The molecule has 0 bridgehead atoms. The topological polar surface area (TPSA) is 108 Å². The van der Waals surface area contributed by atoms with Crippen LogP contribution in [0.3, 0.4) is 0 Å². The van der Waals surface area contributed by atoms with E-state index in [1.54, 1.807) is 0 Å². The molecule has 0 aliphatic carbocycles. The molecule has 4 heterocycles. The molecule has 5 rings (SSSR count). The highest BCUT2D eigenvalue weighted by atomic mass is 32.2. The van der Waals surface area contributed by atoms with Crippen molar-refractivity contribution < 1.29 is 13.8 Å². The van der Waals surface area contributed by atoms with Gasteiger partial charge in [0.15, 0.2) is 11.4 Å². The summed E-state index contributed by atoms with van der Waals surface area (Å²) in [6, 6.07) is 7.74. The molecule has 1 aromatic carbocycles. The van der Waals surface area contributed by atoms with Gasteiger partial charge in [0.05, 0.1) is 34.5 Å². The van der Waals surface area contributed by atoms with Crippen molar-refractivity contribution in [1.82, 2.24) is 15.1 Å². The summed E-state index contributed by atoms with van der Waals surface area (Å²) in [5.74, 6) is 2.90. The number of fused-ring (bicyclic) bond motifs is 2. The quantitative estimate of drug-likeness (QED) is 0.576. The molecule has 170 valence electrons. The molecular weight excluding hydrogens is 428 g/mol. The largest absolute Gasteiger partial charge is 0.394 e. The number of piperazine rings is 1. The van der Waals surface area contributed by atoms with Crippen LogP contribution in [0.1, 0.15) is 19.5 Å². The lowest BCUT2D eigenvalue weighted by Gasteiger charge is -2.35. The number of hydrogen-bond acceptors (Lipinski definition) is 9. The number of benzene rings is 1. The summed E-state index contributed by atoms with van der Waals surface area (Å²) in [6.07, 6.45) is 0.683. The smallest absolute Gasteiger partial charge is 0.227 e. The zero-order chi connectivity index (χ0) is 22.2. The highest BCUT2D eigenvalue weighted by Crippen LogP contribution is 2.32. The van der Waals surface area contributed by atoms with E-state index >= 15 is 0 Å². The second-order valence-electron chi connectivity index (χ2n) is 8.60. The van der Waals surface area contributed by atoms with Gasteiger partial charge >= 0.3 is 0 Å². The molecule has 0 saturated carbocycles. The third-order valence-electron chi connectivity index (χ3n) is 6.22. The summed E-state index contributed by atoms with van der Waals surface area (Å²) < 4.78 is 18.1. The number of rotatable bonds is 6. The molecule has 2 atom stereocenters. The summed E-state index contributed by atoms with van der Waals surface area (Å²) in [7, 11) is -1.11. The fourth-order valence-corrected chi connectivity index (χ4v) is 5.55. The van der Waals surface area contributed by atoms with Crippen molar-refractivity contribution in [3.05, 3.63) is 30.0 Å². The van der Waals surface area contributed by atoms with E-state index in [-0.39, 0.29) is 18.6 Å². The van der Waals surface area contributed by atoms with E-state index in [9.17, 15) is 9.32 Å². The van der Waals surface area contributed by atoms with Crippen molar-refractivity contribution in [3.8, 4) is 0 Å². The highest BCUT2D eigenvalue weighted by Gasteiger charge is 2.30. The molecular formula is C22H28N6O3S. The first kappa shape index (κ1) is 21.1. The number of aliphatic hydroxyl groups excluding tert-OH is 1. The Labute approximate surface area is 189 Å². The Kier molecular flexibility index (Phi) is 5.73. The Bertz CT molecular complexity index is 1140. The Balaban J connectivity index is 1.37. The molecule has 0 spiro atoms. The SMILES string of the molecule is CC(C)C(CO)Nc1nc(N2CCN(c3noc4ccccc34)CC2)nc2c1S(=O)CC2. The standard InChI is InChI=1S/C22H28N6O3S/c1-14(2)17(13-29)23-20-19-16(7-12-32(19)30)24-22(25-20)28-10-8-27(9-11-28)21-15-5-3-4-6-18(15)31-26-21/h3-6,14,17,29H,7-13H2,1-2H3,(H,23,24,25). The van der Waals surface area contributed by atoms with E-state index in [0.29, 0.717) is 28.8 Å². The first-order valence-corrected chi connectivity index (χ1v) is 12.4. The lowest BCUT2D eigenvalue weighted by atomic mass is 10.1. The third kappa shape index (κ3) is 3.81. The van der Waals surface area contributed by atoms with Gasteiger partial charge in [0.1, 0.15) is 10.7 Å². The molecule has 1 saturated heterocycles. The molecule has 2 N–H and O–H groups in total. The van der Waals surface area contributed by atoms with Crippen molar-refractivity contribution in [1.29, 1.82) is 0 Å². The highest BCUT2D eigenvalue weighted by molar-refractivity contribution is 7.85. The number of aliphatic hydroxyl groups is 1. The summed E-state index contributed by atoms with van der Waals surface area (Å²) in [6.45, 7) is 7.11. The van der Waals surface area contributed by atoms with Gasteiger partial charge in [-0.1, -0.05) is 31.1 Å².